The maximum absolute atomic E-state index is 12.7. The van der Waals surface area contributed by atoms with E-state index >= 15 is 0 Å². The van der Waals surface area contributed by atoms with Crippen molar-refractivity contribution in [3.8, 4) is 0 Å². The Kier molecular flexibility index (Phi) is 6.25. The van der Waals surface area contributed by atoms with E-state index in [1.54, 1.807) is 0 Å². The summed E-state index contributed by atoms with van der Waals surface area (Å²) in [6.45, 7) is 5.04. The largest absolute Gasteiger partial charge is 0.465 e. The highest BCUT2D eigenvalue weighted by molar-refractivity contribution is 5.93. The monoisotopic (exact) mass is 320 g/mol. The standard InChI is InChI=1S/C18H28N2O3/c1-4-14(2)18(22)23-13-10-15-8-5-6-12-20(15)17(21)16-9-7-11-19(16)3/h7,9,11,14-15H,4-6,8,10,12-13H2,1-3H3. The number of aryl methyl sites for hydroxylation is 1. The number of amides is 1. The van der Waals surface area contributed by atoms with Crippen LogP contribution in [0.2, 0.25) is 0 Å². The Labute approximate surface area is 138 Å². The predicted octanol–water partition coefficient (Wildman–Crippen LogP) is 3.00. The molecule has 23 heavy (non-hydrogen) atoms. The molecule has 0 aromatic carbocycles. The van der Waals surface area contributed by atoms with Crippen molar-refractivity contribution in [1.29, 1.82) is 0 Å². The van der Waals surface area contributed by atoms with Gasteiger partial charge in [-0.1, -0.05) is 13.8 Å². The first kappa shape index (κ1) is 17.6. The van der Waals surface area contributed by atoms with Gasteiger partial charge in [0, 0.05) is 32.3 Å². The molecule has 1 aromatic heterocycles. The van der Waals surface area contributed by atoms with Crippen molar-refractivity contribution in [3.63, 3.8) is 0 Å². The number of likely N-dealkylation sites (tertiary alicyclic amines) is 1. The number of carbonyl (C=O) groups excluding carboxylic acids is 2. The fourth-order valence-corrected chi connectivity index (χ4v) is 3.00. The van der Waals surface area contributed by atoms with Gasteiger partial charge < -0.3 is 14.2 Å². The summed E-state index contributed by atoms with van der Waals surface area (Å²) in [7, 11) is 1.89. The molecule has 0 bridgehead atoms. The lowest BCUT2D eigenvalue weighted by Gasteiger charge is -2.35. The van der Waals surface area contributed by atoms with Crippen molar-refractivity contribution in [3.05, 3.63) is 24.0 Å². The molecule has 1 saturated heterocycles. The van der Waals surface area contributed by atoms with Crippen LogP contribution in [0.5, 0.6) is 0 Å². The van der Waals surface area contributed by atoms with Crippen LogP contribution < -0.4 is 0 Å². The van der Waals surface area contributed by atoms with Gasteiger partial charge in [0.25, 0.3) is 5.91 Å². The minimum atomic E-state index is -0.136. The third kappa shape index (κ3) is 4.36. The van der Waals surface area contributed by atoms with E-state index < -0.39 is 0 Å². The number of carbonyl (C=O) groups is 2. The topological polar surface area (TPSA) is 51.5 Å². The Bertz CT molecular complexity index is 538. The summed E-state index contributed by atoms with van der Waals surface area (Å²) in [5.74, 6) is -0.110. The Morgan fingerprint density at radius 1 is 1.39 bits per heavy atom. The number of piperidine rings is 1. The van der Waals surface area contributed by atoms with Gasteiger partial charge >= 0.3 is 5.97 Å². The second kappa shape index (κ2) is 8.18. The van der Waals surface area contributed by atoms with Gasteiger partial charge in [0.15, 0.2) is 0 Å². The van der Waals surface area contributed by atoms with Gasteiger partial charge in [0.05, 0.1) is 12.5 Å². The fourth-order valence-electron chi connectivity index (χ4n) is 3.00. The highest BCUT2D eigenvalue weighted by Gasteiger charge is 2.28. The number of nitrogens with zero attached hydrogens (tertiary/aromatic N) is 2. The summed E-state index contributed by atoms with van der Waals surface area (Å²) >= 11 is 0. The SMILES string of the molecule is CCC(C)C(=O)OCCC1CCCCN1C(=O)c1cccn1C. The molecule has 5 heteroatoms. The molecule has 1 amide bonds. The maximum atomic E-state index is 12.7. The van der Waals surface area contributed by atoms with Crippen molar-refractivity contribution >= 4 is 11.9 Å². The van der Waals surface area contributed by atoms with Crippen LogP contribution in [0.4, 0.5) is 0 Å². The average Bonchev–Trinajstić information content (AvgIpc) is 2.99. The van der Waals surface area contributed by atoms with Gasteiger partial charge in [0.2, 0.25) is 0 Å². The van der Waals surface area contributed by atoms with Gasteiger partial charge in [0.1, 0.15) is 5.69 Å². The summed E-state index contributed by atoms with van der Waals surface area (Å²) in [5, 5.41) is 0. The molecule has 1 fully saturated rings. The molecule has 0 saturated carbocycles. The third-order valence-corrected chi connectivity index (χ3v) is 4.76. The van der Waals surface area contributed by atoms with E-state index in [0.717, 1.165) is 38.6 Å². The lowest BCUT2D eigenvalue weighted by atomic mass is 9.99. The summed E-state index contributed by atoms with van der Waals surface area (Å²) in [5.41, 5.74) is 0.716. The highest BCUT2D eigenvalue weighted by Crippen LogP contribution is 2.22. The van der Waals surface area contributed by atoms with Crippen LogP contribution >= 0.6 is 0 Å². The van der Waals surface area contributed by atoms with Crippen LogP contribution in [-0.2, 0) is 16.6 Å². The van der Waals surface area contributed by atoms with Gasteiger partial charge in [-0.3, -0.25) is 9.59 Å². The minimum absolute atomic E-state index is 0.0533. The second-order valence-corrected chi connectivity index (χ2v) is 6.42. The molecule has 2 unspecified atom stereocenters. The molecule has 2 rings (SSSR count). The van der Waals surface area contributed by atoms with E-state index in [1.807, 2.05) is 48.7 Å². The van der Waals surface area contributed by atoms with Crippen LogP contribution in [0, 0.1) is 5.92 Å². The quantitative estimate of drug-likeness (QED) is 0.757. The Morgan fingerprint density at radius 3 is 2.83 bits per heavy atom. The van der Waals surface area contributed by atoms with Gasteiger partial charge in [-0.2, -0.15) is 0 Å². The molecule has 1 aliphatic rings. The van der Waals surface area contributed by atoms with Gasteiger partial charge in [-0.25, -0.2) is 0 Å². The minimum Gasteiger partial charge on any atom is -0.465 e. The van der Waals surface area contributed by atoms with Crippen molar-refractivity contribution in [1.82, 2.24) is 9.47 Å². The van der Waals surface area contributed by atoms with Gasteiger partial charge in [-0.05, 0) is 37.8 Å². The average molecular weight is 320 g/mol. The summed E-state index contributed by atoms with van der Waals surface area (Å²) < 4.78 is 7.22. The van der Waals surface area contributed by atoms with E-state index in [4.69, 9.17) is 4.74 Å². The molecule has 1 aliphatic heterocycles. The third-order valence-electron chi connectivity index (χ3n) is 4.76. The van der Waals surface area contributed by atoms with E-state index in [1.165, 1.54) is 0 Å². The lowest BCUT2D eigenvalue weighted by molar-refractivity contribution is -0.148. The lowest BCUT2D eigenvalue weighted by Crippen LogP contribution is -2.44. The Balaban J connectivity index is 1.92. The molecular weight excluding hydrogens is 292 g/mol. The summed E-state index contributed by atoms with van der Waals surface area (Å²) in [6, 6.07) is 3.91. The summed E-state index contributed by atoms with van der Waals surface area (Å²) in [4.78, 5) is 26.5. The Hall–Kier alpha value is -1.78. The zero-order valence-electron chi connectivity index (χ0n) is 14.5. The van der Waals surface area contributed by atoms with E-state index in [9.17, 15) is 9.59 Å². The Morgan fingerprint density at radius 2 is 2.17 bits per heavy atom. The van der Waals surface area contributed by atoms with E-state index in [-0.39, 0.29) is 23.8 Å². The van der Waals surface area contributed by atoms with Crippen molar-refractivity contribution in [2.45, 2.75) is 52.0 Å². The van der Waals surface area contributed by atoms with Crippen LogP contribution in [0.25, 0.3) is 0 Å². The van der Waals surface area contributed by atoms with Crippen molar-refractivity contribution in [2.75, 3.05) is 13.2 Å². The van der Waals surface area contributed by atoms with E-state index in [0.29, 0.717) is 12.3 Å². The highest BCUT2D eigenvalue weighted by atomic mass is 16.5. The zero-order chi connectivity index (χ0) is 16.8. The van der Waals surface area contributed by atoms with Crippen LogP contribution in [0.3, 0.4) is 0 Å². The molecule has 0 N–H and O–H groups in total. The van der Waals surface area contributed by atoms with Crippen molar-refractivity contribution in [2.24, 2.45) is 13.0 Å². The first-order valence-corrected chi connectivity index (χ1v) is 8.63. The number of rotatable bonds is 6. The second-order valence-electron chi connectivity index (χ2n) is 6.42. The fraction of sp³-hybridized carbons (Fsp3) is 0.667. The molecule has 0 radical (unpaired) electrons. The van der Waals surface area contributed by atoms with Crippen LogP contribution in [0.15, 0.2) is 18.3 Å². The molecule has 1 aromatic rings. The predicted molar refractivity (Wildman–Crippen MR) is 89.1 cm³/mol. The molecule has 0 aliphatic carbocycles. The normalized spacial score (nSPS) is 19.4. The molecule has 0 spiro atoms. The molecule has 5 nitrogen and oxygen atoms in total. The number of hydrogen-bond acceptors (Lipinski definition) is 3. The first-order valence-electron chi connectivity index (χ1n) is 8.63. The zero-order valence-corrected chi connectivity index (χ0v) is 14.5. The molecule has 2 atom stereocenters. The first-order chi connectivity index (χ1) is 11.0. The number of aromatic nitrogens is 1. The van der Waals surface area contributed by atoms with Crippen molar-refractivity contribution < 1.29 is 14.3 Å². The van der Waals surface area contributed by atoms with Crippen LogP contribution in [0.1, 0.15) is 56.4 Å². The smallest absolute Gasteiger partial charge is 0.308 e. The van der Waals surface area contributed by atoms with E-state index in [2.05, 4.69) is 0 Å². The van der Waals surface area contributed by atoms with Crippen LogP contribution in [-0.4, -0.2) is 40.5 Å². The van der Waals surface area contributed by atoms with Gasteiger partial charge in [-0.15, -0.1) is 0 Å². The number of ether oxygens (including phenoxy) is 1. The molecular formula is C18H28N2O3. The molecule has 2 heterocycles. The maximum Gasteiger partial charge on any atom is 0.308 e. The number of esters is 1. The molecule has 128 valence electrons. The number of hydrogen-bond donors (Lipinski definition) is 0. The summed E-state index contributed by atoms with van der Waals surface area (Å²) in [6.07, 6.45) is 6.55.